The van der Waals surface area contributed by atoms with Gasteiger partial charge in [-0.1, -0.05) is 48.6 Å². The van der Waals surface area contributed by atoms with Crippen LogP contribution in [0, 0.1) is 30.3 Å². The van der Waals surface area contributed by atoms with Gasteiger partial charge in [0.25, 0.3) is 5.69 Å². The molecule has 14 nitrogen and oxygen atoms in total. The molecule has 1 heterocycles. The van der Waals surface area contributed by atoms with Crippen LogP contribution in [0.15, 0.2) is 103 Å². The number of nitrogens with one attached hydrogen (secondary N) is 1. The van der Waals surface area contributed by atoms with Crippen molar-refractivity contribution in [1.29, 1.82) is 0 Å². The zero-order valence-corrected chi connectivity index (χ0v) is 22.7. The van der Waals surface area contributed by atoms with E-state index >= 15 is 0 Å². The molecule has 0 saturated carbocycles. The largest absolute Gasteiger partial charge is 0.425 e. The Bertz CT molecular complexity index is 1680. The van der Waals surface area contributed by atoms with Gasteiger partial charge < -0.3 is 4.74 Å². The van der Waals surface area contributed by atoms with Crippen LogP contribution in [0.3, 0.4) is 0 Å². The number of cyclic esters (lactones) is 1. The van der Waals surface area contributed by atoms with E-state index in [1.54, 1.807) is 55.5 Å². The molecular formula is C29H23N5O9. The molecule has 3 aromatic rings. The number of hydrogen-bond donors (Lipinski definition) is 1. The highest BCUT2D eigenvalue weighted by Crippen LogP contribution is 2.41. The second-order valence-electron chi connectivity index (χ2n) is 9.27. The number of hydrazine groups is 1. The smallest absolute Gasteiger partial charge is 0.329 e. The van der Waals surface area contributed by atoms with Crippen molar-refractivity contribution in [3.8, 4) is 0 Å². The Morgan fingerprint density at radius 3 is 1.93 bits per heavy atom. The Morgan fingerprint density at radius 2 is 1.42 bits per heavy atom. The number of rotatable bonds is 10. The van der Waals surface area contributed by atoms with Gasteiger partial charge in [0.15, 0.2) is 11.2 Å². The summed E-state index contributed by atoms with van der Waals surface area (Å²) < 4.78 is 5.38. The van der Waals surface area contributed by atoms with Gasteiger partial charge >= 0.3 is 17.3 Å². The summed E-state index contributed by atoms with van der Waals surface area (Å²) in [7, 11) is 0. The summed E-state index contributed by atoms with van der Waals surface area (Å²) in [5, 5.41) is 36.3. The fourth-order valence-corrected chi connectivity index (χ4v) is 4.23. The summed E-state index contributed by atoms with van der Waals surface area (Å²) >= 11 is 0. The van der Waals surface area contributed by atoms with Crippen LogP contribution in [0.25, 0.3) is 0 Å². The highest BCUT2D eigenvalue weighted by molar-refractivity contribution is 6.16. The summed E-state index contributed by atoms with van der Waals surface area (Å²) in [5.74, 6) is -1.21. The Kier molecular flexibility index (Phi) is 8.41. The molecule has 14 heteroatoms. The lowest BCUT2D eigenvalue weighted by molar-refractivity contribution is -0.401. The van der Waals surface area contributed by atoms with Gasteiger partial charge in [-0.05, 0) is 49.8 Å². The van der Waals surface area contributed by atoms with E-state index < -0.39 is 54.7 Å². The van der Waals surface area contributed by atoms with E-state index in [4.69, 9.17) is 4.74 Å². The molecule has 4 rings (SSSR count). The van der Waals surface area contributed by atoms with Gasteiger partial charge in [0, 0.05) is 6.08 Å². The first-order chi connectivity index (χ1) is 20.5. The summed E-state index contributed by atoms with van der Waals surface area (Å²) in [5.41, 5.74) is -1.24. The number of allylic oxidation sites excluding steroid dienone is 5. The summed E-state index contributed by atoms with van der Waals surface area (Å²) in [6.45, 7) is 3.23. The van der Waals surface area contributed by atoms with Crippen LogP contribution in [0.5, 0.6) is 0 Å². The van der Waals surface area contributed by atoms with Gasteiger partial charge in [-0.25, -0.2) is 0 Å². The molecule has 1 aliphatic heterocycles. The lowest BCUT2D eigenvalue weighted by atomic mass is 9.77. The quantitative estimate of drug-likeness (QED) is 0.0969. The first kappa shape index (κ1) is 29.8. The molecule has 3 aromatic carbocycles. The number of ketones is 1. The summed E-state index contributed by atoms with van der Waals surface area (Å²) in [4.78, 5) is 58.2. The SMILES string of the molecule is C/C=C/C=C/C1=CC(=O)C(C)(c2ccc(N(Nc3c([N+](=O)[O-])cc([N+](=O)[O-])cc3[N+](=O)[O-])c3ccccc3)cc2)C(=O)O1. The molecule has 1 aliphatic rings. The molecule has 218 valence electrons. The average molecular weight is 586 g/mol. The average Bonchev–Trinajstić information content (AvgIpc) is 2.98. The fourth-order valence-electron chi connectivity index (χ4n) is 4.23. The number of esters is 1. The van der Waals surface area contributed by atoms with E-state index in [0.717, 1.165) is 0 Å². The second-order valence-corrected chi connectivity index (χ2v) is 9.27. The van der Waals surface area contributed by atoms with Crippen LogP contribution in [-0.2, 0) is 19.7 Å². The topological polar surface area (TPSA) is 188 Å². The van der Waals surface area contributed by atoms with Gasteiger partial charge in [-0.3, -0.25) is 50.4 Å². The van der Waals surface area contributed by atoms with E-state index in [2.05, 4.69) is 5.43 Å². The van der Waals surface area contributed by atoms with Gasteiger partial charge in [0.1, 0.15) is 5.76 Å². The number of nitro groups is 3. The predicted octanol–water partition coefficient (Wildman–Crippen LogP) is 5.98. The van der Waals surface area contributed by atoms with Crippen molar-refractivity contribution in [3.63, 3.8) is 0 Å². The zero-order chi connectivity index (χ0) is 31.3. The normalized spacial score (nSPS) is 16.6. The van der Waals surface area contributed by atoms with Crippen molar-refractivity contribution in [2.24, 2.45) is 0 Å². The third kappa shape index (κ3) is 5.97. The van der Waals surface area contributed by atoms with E-state index in [1.807, 2.05) is 0 Å². The lowest BCUT2D eigenvalue weighted by Crippen LogP contribution is -2.44. The first-order valence-corrected chi connectivity index (χ1v) is 12.6. The number of benzene rings is 3. The second kappa shape index (κ2) is 12.1. The number of carbonyl (C=O) groups is 2. The maximum atomic E-state index is 13.1. The van der Waals surface area contributed by atoms with Crippen LogP contribution >= 0.6 is 0 Å². The van der Waals surface area contributed by atoms with Crippen LogP contribution in [-0.4, -0.2) is 26.5 Å². The molecule has 1 N–H and O–H groups in total. The molecular weight excluding hydrogens is 562 g/mol. The minimum absolute atomic E-state index is 0.0907. The molecule has 0 saturated heterocycles. The first-order valence-electron chi connectivity index (χ1n) is 12.6. The Balaban J connectivity index is 1.78. The monoisotopic (exact) mass is 585 g/mol. The van der Waals surface area contributed by atoms with Gasteiger partial charge in [0.2, 0.25) is 5.69 Å². The third-order valence-electron chi connectivity index (χ3n) is 6.58. The summed E-state index contributed by atoms with van der Waals surface area (Å²) in [6.07, 6.45) is 7.80. The highest BCUT2D eigenvalue weighted by Gasteiger charge is 2.46. The van der Waals surface area contributed by atoms with E-state index in [0.29, 0.717) is 29.1 Å². The molecule has 0 spiro atoms. The predicted molar refractivity (Wildman–Crippen MR) is 156 cm³/mol. The van der Waals surface area contributed by atoms with Crippen molar-refractivity contribution < 1.29 is 29.1 Å². The van der Waals surface area contributed by atoms with Gasteiger partial charge in [-0.2, -0.15) is 0 Å². The molecule has 1 unspecified atom stereocenters. The highest BCUT2D eigenvalue weighted by atomic mass is 16.6. The van der Waals surface area contributed by atoms with Crippen molar-refractivity contribution in [2.75, 3.05) is 10.4 Å². The van der Waals surface area contributed by atoms with Gasteiger partial charge in [-0.15, -0.1) is 0 Å². The van der Waals surface area contributed by atoms with Gasteiger partial charge in [0.05, 0.1) is 38.3 Å². The van der Waals surface area contributed by atoms with Crippen molar-refractivity contribution in [2.45, 2.75) is 19.3 Å². The fraction of sp³-hybridized carbons (Fsp3) is 0.103. The van der Waals surface area contributed by atoms with Crippen molar-refractivity contribution in [1.82, 2.24) is 0 Å². The van der Waals surface area contributed by atoms with E-state index in [9.17, 15) is 39.9 Å². The molecule has 0 aromatic heterocycles. The molecule has 43 heavy (non-hydrogen) atoms. The number of nitrogens with zero attached hydrogens (tertiary/aromatic N) is 4. The number of anilines is 3. The van der Waals surface area contributed by atoms with Crippen LogP contribution in [0.4, 0.5) is 34.1 Å². The maximum Gasteiger partial charge on any atom is 0.329 e. The van der Waals surface area contributed by atoms with E-state index in [1.165, 1.54) is 48.4 Å². The molecule has 0 amide bonds. The molecule has 0 aliphatic carbocycles. The molecule has 0 bridgehead atoms. The minimum Gasteiger partial charge on any atom is -0.425 e. The lowest BCUT2D eigenvalue weighted by Gasteiger charge is -2.30. The Labute approximate surface area is 243 Å². The van der Waals surface area contributed by atoms with Crippen molar-refractivity contribution >= 4 is 45.9 Å². The Hall–Kier alpha value is -6.18. The Morgan fingerprint density at radius 1 is 0.837 bits per heavy atom. The van der Waals surface area contributed by atoms with Crippen molar-refractivity contribution in [3.05, 3.63) is 139 Å². The van der Waals surface area contributed by atoms with Crippen LogP contribution in [0.1, 0.15) is 19.4 Å². The number of hydrogen-bond acceptors (Lipinski definition) is 11. The molecule has 1 atom stereocenters. The number of ether oxygens (including phenoxy) is 1. The number of carbonyl (C=O) groups excluding carboxylic acids is 2. The number of para-hydroxylation sites is 1. The standard InChI is InChI=1S/C29H23N5O9/c1-3-4-6-11-23-18-26(35)29(2,28(36)43-23)19-12-14-21(15-13-19)31(20-9-7-5-8-10-20)30-27-24(33(39)40)16-22(32(37)38)17-25(27)34(41)42/h3-18,30H,1-2H3/b4-3+,11-6+. The number of nitro benzene ring substituents is 3. The molecule has 0 fully saturated rings. The minimum atomic E-state index is -1.67. The molecule has 0 radical (unpaired) electrons. The maximum absolute atomic E-state index is 13.1. The summed E-state index contributed by atoms with van der Waals surface area (Å²) in [6, 6.07) is 15.5. The van der Waals surface area contributed by atoms with E-state index in [-0.39, 0.29) is 5.76 Å². The third-order valence-corrected chi connectivity index (χ3v) is 6.58. The zero-order valence-electron chi connectivity index (χ0n) is 22.7. The number of non-ortho nitro benzene ring substituents is 1. The van der Waals surface area contributed by atoms with Crippen LogP contribution in [0.2, 0.25) is 0 Å². The van der Waals surface area contributed by atoms with Crippen LogP contribution < -0.4 is 10.4 Å².